The first-order valence-electron chi connectivity index (χ1n) is 24.3. The van der Waals surface area contributed by atoms with Crippen LogP contribution in [0.4, 0.5) is 45.5 Å². The van der Waals surface area contributed by atoms with Crippen molar-refractivity contribution in [2.45, 2.75) is 55.9 Å². The third-order valence-corrected chi connectivity index (χ3v) is 16.8. The molecule has 5 aliphatic rings. The predicted molar refractivity (Wildman–Crippen MR) is 281 cm³/mol. The smallest absolute Gasteiger partial charge is 0.253 e. The Kier molecular flexibility index (Phi) is 8.21. The second kappa shape index (κ2) is 14.2. The van der Waals surface area contributed by atoms with Crippen molar-refractivity contribution in [2.24, 2.45) is 0 Å². The number of nitrogens with zero attached hydrogens (tertiary/aromatic N) is 3. The fraction of sp³-hybridized carbons (Fsp3) is 0.143. The van der Waals surface area contributed by atoms with Crippen LogP contribution >= 0.6 is 0 Å². The quantitative estimate of drug-likeness (QED) is 0.154. The van der Waals surface area contributed by atoms with Crippen molar-refractivity contribution in [3.05, 3.63) is 246 Å². The first-order valence-corrected chi connectivity index (χ1v) is 24.3. The maximum absolute atomic E-state index is 2.79. The van der Waals surface area contributed by atoms with E-state index in [0.717, 1.165) is 24.2 Å². The van der Waals surface area contributed by atoms with Gasteiger partial charge in [0, 0.05) is 50.9 Å². The Balaban J connectivity index is 1.11. The van der Waals surface area contributed by atoms with Crippen LogP contribution in [0.25, 0.3) is 11.1 Å². The van der Waals surface area contributed by atoms with Gasteiger partial charge in [0.2, 0.25) is 0 Å². The van der Waals surface area contributed by atoms with Gasteiger partial charge in [0.15, 0.2) is 0 Å². The summed E-state index contributed by atoms with van der Waals surface area (Å²) in [6.07, 6.45) is 4.74. The SMILES string of the molecule is CC12CCCCC1(C)N(c1cc3c4c(c1)N(c1ccccc1)c1cccc5c1B4c1c(cccc1C5(c1ccccc1)c1ccccc1)N3c1ccccc1)c1ccc(-c3ccccc3)cc12. The van der Waals surface area contributed by atoms with Gasteiger partial charge in [-0.3, -0.25) is 0 Å². The maximum atomic E-state index is 2.79. The molecule has 0 N–H and O–H groups in total. The average molecular weight is 860 g/mol. The molecular weight excluding hydrogens is 810 g/mol. The highest BCUT2D eigenvalue weighted by atomic mass is 15.3. The summed E-state index contributed by atoms with van der Waals surface area (Å²) in [6.45, 7) is 5.14. The van der Waals surface area contributed by atoms with Crippen LogP contribution < -0.4 is 31.1 Å². The van der Waals surface area contributed by atoms with E-state index in [2.05, 4.69) is 247 Å². The van der Waals surface area contributed by atoms with Gasteiger partial charge in [-0.05, 0) is 136 Å². The Hall–Kier alpha value is -7.56. The molecule has 9 aromatic rings. The molecule has 2 unspecified atom stereocenters. The molecule has 1 fully saturated rings. The van der Waals surface area contributed by atoms with Crippen molar-refractivity contribution in [1.29, 1.82) is 0 Å². The Morgan fingerprint density at radius 2 is 0.866 bits per heavy atom. The summed E-state index contributed by atoms with van der Waals surface area (Å²) in [6, 6.07) is 82.6. The van der Waals surface area contributed by atoms with Crippen molar-refractivity contribution in [1.82, 2.24) is 0 Å². The van der Waals surface area contributed by atoms with E-state index in [4.69, 9.17) is 0 Å². The zero-order valence-corrected chi connectivity index (χ0v) is 38.0. The molecule has 0 bridgehead atoms. The fourth-order valence-electron chi connectivity index (χ4n) is 13.8. The van der Waals surface area contributed by atoms with Crippen molar-refractivity contribution in [3.63, 3.8) is 0 Å². The summed E-state index contributed by atoms with van der Waals surface area (Å²) in [4.78, 5) is 8.00. The molecule has 14 rings (SSSR count). The number of hydrogen-bond acceptors (Lipinski definition) is 3. The van der Waals surface area contributed by atoms with Crippen molar-refractivity contribution in [2.75, 3.05) is 14.7 Å². The summed E-state index contributed by atoms with van der Waals surface area (Å²) >= 11 is 0. The highest BCUT2D eigenvalue weighted by Gasteiger charge is 2.59. The van der Waals surface area contributed by atoms with Crippen LogP contribution in [0.3, 0.4) is 0 Å². The molecule has 67 heavy (non-hydrogen) atoms. The number of para-hydroxylation sites is 2. The number of anilines is 8. The van der Waals surface area contributed by atoms with Crippen LogP contribution in [0, 0.1) is 0 Å². The summed E-state index contributed by atoms with van der Waals surface area (Å²) in [5, 5.41) is 0. The summed E-state index contributed by atoms with van der Waals surface area (Å²) in [5.74, 6) is 0. The average Bonchev–Trinajstić information content (AvgIpc) is 3.60. The standard InChI is InChI=1S/C63H50BN3/c1-61-38-18-19-39-62(61,2)67(53-37-36-44(40-52(53)61)43-22-8-3-9-23-43)49-41-56-60-57(42-49)66(48-30-16-7-17-31-48)55-35-21-33-51-59(55)64(60)58-50(32-20-34-54(58)65(56)47-28-14-6-15-29-47)63(51,45-24-10-4-11-25-45)46-26-12-5-13-27-46/h3-17,20-37,40-42H,18-19,38-39H2,1-2H3. The Morgan fingerprint density at radius 3 is 1.40 bits per heavy atom. The molecule has 3 nitrogen and oxygen atoms in total. The van der Waals surface area contributed by atoms with E-state index in [0.29, 0.717) is 0 Å². The molecule has 1 aliphatic carbocycles. The van der Waals surface area contributed by atoms with Gasteiger partial charge >= 0.3 is 0 Å². The molecule has 0 radical (unpaired) electrons. The molecule has 0 amide bonds. The summed E-state index contributed by atoms with van der Waals surface area (Å²) in [5.41, 5.74) is 22.6. The van der Waals surface area contributed by atoms with E-state index in [1.807, 2.05) is 0 Å². The van der Waals surface area contributed by atoms with Crippen LogP contribution in [-0.2, 0) is 10.8 Å². The van der Waals surface area contributed by atoms with E-state index in [-0.39, 0.29) is 17.7 Å². The molecule has 9 aromatic carbocycles. The van der Waals surface area contributed by atoms with Crippen molar-refractivity contribution >= 4 is 68.6 Å². The van der Waals surface area contributed by atoms with Gasteiger partial charge in [-0.1, -0.05) is 177 Å². The predicted octanol–water partition coefficient (Wildman–Crippen LogP) is 13.9. The van der Waals surface area contributed by atoms with Gasteiger partial charge < -0.3 is 14.7 Å². The van der Waals surface area contributed by atoms with E-state index >= 15 is 0 Å². The van der Waals surface area contributed by atoms with E-state index in [9.17, 15) is 0 Å². The largest absolute Gasteiger partial charge is 0.334 e. The topological polar surface area (TPSA) is 9.72 Å². The molecule has 4 heteroatoms. The first-order chi connectivity index (χ1) is 33.0. The van der Waals surface area contributed by atoms with Crippen molar-refractivity contribution in [3.8, 4) is 11.1 Å². The van der Waals surface area contributed by atoms with Gasteiger partial charge in [-0.2, -0.15) is 0 Å². The zero-order chi connectivity index (χ0) is 44.5. The van der Waals surface area contributed by atoms with Gasteiger partial charge in [0.1, 0.15) is 0 Å². The Bertz CT molecular complexity index is 3250. The molecule has 0 aromatic heterocycles. The van der Waals surface area contributed by atoms with Gasteiger partial charge in [0.25, 0.3) is 6.71 Å². The molecule has 4 heterocycles. The molecule has 0 saturated heterocycles. The fourth-order valence-corrected chi connectivity index (χ4v) is 13.8. The minimum absolute atomic E-state index is 0.00625. The van der Waals surface area contributed by atoms with Crippen LogP contribution in [0.15, 0.2) is 218 Å². The Labute approximate surface area is 394 Å². The molecule has 320 valence electrons. The highest BCUT2D eigenvalue weighted by Crippen LogP contribution is 2.63. The van der Waals surface area contributed by atoms with Crippen molar-refractivity contribution < 1.29 is 0 Å². The normalized spacial score (nSPS) is 20.0. The molecular formula is C63H50BN3. The molecule has 1 saturated carbocycles. The van der Waals surface area contributed by atoms with Gasteiger partial charge in [0.05, 0.1) is 11.0 Å². The lowest BCUT2D eigenvalue weighted by atomic mass is 9.28. The second-order valence-corrected chi connectivity index (χ2v) is 19.9. The number of rotatable bonds is 6. The number of benzene rings is 9. The zero-order valence-electron chi connectivity index (χ0n) is 38.0. The lowest BCUT2D eigenvalue weighted by Gasteiger charge is -2.53. The van der Waals surface area contributed by atoms with Gasteiger partial charge in [-0.25, -0.2) is 0 Å². The summed E-state index contributed by atoms with van der Waals surface area (Å²) in [7, 11) is 0. The van der Waals surface area contributed by atoms with E-state index in [1.54, 1.807) is 0 Å². The minimum Gasteiger partial charge on any atom is -0.334 e. The van der Waals surface area contributed by atoms with Crippen LogP contribution in [0.1, 0.15) is 67.3 Å². The van der Waals surface area contributed by atoms with Crippen LogP contribution in [-0.4, -0.2) is 12.3 Å². The third kappa shape index (κ3) is 5.08. The van der Waals surface area contributed by atoms with E-state index < -0.39 is 5.41 Å². The minimum atomic E-state index is -0.576. The maximum Gasteiger partial charge on any atom is 0.253 e. The molecule has 2 atom stereocenters. The number of fused-ring (bicyclic) bond motifs is 3. The van der Waals surface area contributed by atoms with Gasteiger partial charge in [-0.15, -0.1) is 0 Å². The lowest BCUT2D eigenvalue weighted by Crippen LogP contribution is -2.68. The van der Waals surface area contributed by atoms with E-state index in [1.165, 1.54) is 102 Å². The Morgan fingerprint density at radius 1 is 0.373 bits per heavy atom. The van der Waals surface area contributed by atoms with Crippen LogP contribution in [0.2, 0.25) is 0 Å². The van der Waals surface area contributed by atoms with Crippen LogP contribution in [0.5, 0.6) is 0 Å². The monoisotopic (exact) mass is 859 g/mol. The molecule has 4 aliphatic heterocycles. The summed E-state index contributed by atoms with van der Waals surface area (Å²) < 4.78 is 0. The highest BCUT2D eigenvalue weighted by molar-refractivity contribution is 7.01. The first kappa shape index (κ1) is 38.7. The number of hydrogen-bond donors (Lipinski definition) is 0. The third-order valence-electron chi connectivity index (χ3n) is 16.8. The lowest BCUT2D eigenvalue weighted by molar-refractivity contribution is 0.195. The second-order valence-electron chi connectivity index (χ2n) is 19.9. The molecule has 0 spiro atoms.